The minimum Gasteiger partial charge on any atom is -0.378 e. The van der Waals surface area contributed by atoms with Crippen LogP contribution in [-0.2, 0) is 4.74 Å². The molecule has 2 N–H and O–H groups in total. The van der Waals surface area contributed by atoms with Crippen LogP contribution in [0.2, 0.25) is 0 Å². The molecule has 1 fully saturated rings. The van der Waals surface area contributed by atoms with Gasteiger partial charge in [0.05, 0.1) is 6.10 Å². The second kappa shape index (κ2) is 9.13. The van der Waals surface area contributed by atoms with Crippen molar-refractivity contribution in [1.82, 2.24) is 4.90 Å². The molecule has 1 aromatic rings. The molecule has 1 amide bonds. The van der Waals surface area contributed by atoms with Crippen LogP contribution in [0.15, 0.2) is 18.2 Å². The van der Waals surface area contributed by atoms with Gasteiger partial charge in [0.25, 0.3) is 5.91 Å². The lowest BCUT2D eigenvalue weighted by molar-refractivity contribution is 0.00843. The van der Waals surface area contributed by atoms with E-state index in [1.165, 1.54) is 5.56 Å². The number of hydrogen-bond acceptors (Lipinski definition) is 3. The number of aryl methyl sites for hydroxylation is 2. The van der Waals surface area contributed by atoms with Gasteiger partial charge in [-0.05, 0) is 51.3 Å². The number of rotatable bonds is 5. The molecule has 0 aromatic heterocycles. The van der Waals surface area contributed by atoms with Gasteiger partial charge in [-0.2, -0.15) is 0 Å². The first kappa shape index (κ1) is 18.9. The van der Waals surface area contributed by atoms with E-state index in [4.69, 9.17) is 10.5 Å². The molecule has 0 radical (unpaired) electrons. The second-order valence-corrected chi connectivity index (χ2v) is 5.82. The van der Waals surface area contributed by atoms with E-state index in [1.54, 1.807) is 0 Å². The van der Waals surface area contributed by atoms with Crippen molar-refractivity contribution in [3.63, 3.8) is 0 Å². The molecule has 0 spiro atoms. The van der Waals surface area contributed by atoms with Crippen molar-refractivity contribution in [3.8, 4) is 0 Å². The summed E-state index contributed by atoms with van der Waals surface area (Å²) < 4.78 is 5.78. The van der Waals surface area contributed by atoms with Gasteiger partial charge in [-0.3, -0.25) is 4.79 Å². The van der Waals surface area contributed by atoms with Crippen LogP contribution >= 0.6 is 12.4 Å². The van der Waals surface area contributed by atoms with Gasteiger partial charge < -0.3 is 15.4 Å². The maximum absolute atomic E-state index is 12.6. The van der Waals surface area contributed by atoms with Gasteiger partial charge in [0.2, 0.25) is 0 Å². The van der Waals surface area contributed by atoms with E-state index >= 15 is 0 Å². The van der Waals surface area contributed by atoms with E-state index in [0.29, 0.717) is 6.54 Å². The molecule has 4 nitrogen and oxygen atoms in total. The van der Waals surface area contributed by atoms with Crippen LogP contribution in [0.5, 0.6) is 0 Å². The monoisotopic (exact) mass is 326 g/mol. The quantitative estimate of drug-likeness (QED) is 0.846. The maximum Gasteiger partial charge on any atom is 0.254 e. The second-order valence-electron chi connectivity index (χ2n) is 5.82. The first-order chi connectivity index (χ1) is 10.1. The van der Waals surface area contributed by atoms with Crippen LogP contribution in [0.25, 0.3) is 0 Å². The Bertz CT molecular complexity index is 486. The Morgan fingerprint density at radius 1 is 1.32 bits per heavy atom. The summed E-state index contributed by atoms with van der Waals surface area (Å²) >= 11 is 0. The van der Waals surface area contributed by atoms with Crippen LogP contribution in [0.4, 0.5) is 0 Å². The molecule has 0 aliphatic carbocycles. The van der Waals surface area contributed by atoms with Gasteiger partial charge in [-0.1, -0.05) is 17.7 Å². The molecule has 0 bridgehead atoms. The molecule has 1 aliphatic heterocycles. The average molecular weight is 327 g/mol. The smallest absolute Gasteiger partial charge is 0.254 e. The van der Waals surface area contributed by atoms with Crippen LogP contribution in [0.1, 0.15) is 40.7 Å². The summed E-state index contributed by atoms with van der Waals surface area (Å²) in [7, 11) is 0. The highest BCUT2D eigenvalue weighted by Crippen LogP contribution is 2.19. The van der Waals surface area contributed by atoms with Gasteiger partial charge in [0, 0.05) is 25.3 Å². The highest BCUT2D eigenvalue weighted by molar-refractivity contribution is 5.95. The number of amides is 1. The number of piperidine rings is 1. The molecule has 0 atom stereocenters. The fourth-order valence-electron chi connectivity index (χ4n) is 2.78. The Morgan fingerprint density at radius 2 is 2.00 bits per heavy atom. The zero-order chi connectivity index (χ0) is 15.2. The standard InChI is InChI=1S/C17H26N2O2.ClH/c1-13-4-5-16(14(2)12-13)17(20)19-9-6-15(7-10-19)21-11-3-8-18;/h4-5,12,15H,3,6-11,18H2,1-2H3;1H. The van der Waals surface area contributed by atoms with E-state index in [2.05, 4.69) is 6.07 Å². The number of ether oxygens (including phenoxy) is 1. The van der Waals surface area contributed by atoms with Crippen molar-refractivity contribution in [3.05, 3.63) is 34.9 Å². The summed E-state index contributed by atoms with van der Waals surface area (Å²) in [5.74, 6) is 0.146. The van der Waals surface area contributed by atoms with Crippen LogP contribution in [0.3, 0.4) is 0 Å². The van der Waals surface area contributed by atoms with Gasteiger partial charge >= 0.3 is 0 Å². The average Bonchev–Trinajstić information content (AvgIpc) is 2.48. The molecule has 124 valence electrons. The number of nitrogens with two attached hydrogens (primary N) is 1. The zero-order valence-electron chi connectivity index (χ0n) is 13.5. The predicted octanol–water partition coefficient (Wildman–Crippen LogP) is 2.70. The minimum absolute atomic E-state index is 0. The van der Waals surface area contributed by atoms with Crippen molar-refractivity contribution >= 4 is 18.3 Å². The molecule has 0 unspecified atom stereocenters. The van der Waals surface area contributed by atoms with E-state index in [1.807, 2.05) is 30.9 Å². The van der Waals surface area contributed by atoms with Crippen LogP contribution in [0, 0.1) is 13.8 Å². The van der Waals surface area contributed by atoms with E-state index < -0.39 is 0 Å². The van der Waals surface area contributed by atoms with Crippen LogP contribution < -0.4 is 5.73 Å². The van der Waals surface area contributed by atoms with Crippen molar-refractivity contribution in [2.75, 3.05) is 26.2 Å². The number of nitrogens with zero attached hydrogens (tertiary/aromatic N) is 1. The summed E-state index contributed by atoms with van der Waals surface area (Å²) in [5.41, 5.74) is 8.53. The Balaban J connectivity index is 0.00000242. The Kier molecular flexibility index (Phi) is 7.87. The largest absolute Gasteiger partial charge is 0.378 e. The molecule has 2 rings (SSSR count). The highest BCUT2D eigenvalue weighted by atomic mass is 35.5. The van der Waals surface area contributed by atoms with Crippen molar-refractivity contribution < 1.29 is 9.53 Å². The molecule has 1 heterocycles. The lowest BCUT2D eigenvalue weighted by Gasteiger charge is -2.32. The molecule has 0 saturated carbocycles. The molecule has 1 saturated heterocycles. The fraction of sp³-hybridized carbons (Fsp3) is 0.588. The predicted molar refractivity (Wildman–Crippen MR) is 91.7 cm³/mol. The Labute approximate surface area is 139 Å². The number of carbonyl (C=O) groups excluding carboxylic acids is 1. The maximum atomic E-state index is 12.6. The SMILES string of the molecule is Cc1ccc(C(=O)N2CCC(OCCCN)CC2)c(C)c1.Cl. The summed E-state index contributed by atoms with van der Waals surface area (Å²) in [6, 6.07) is 6.01. The normalized spacial score (nSPS) is 15.5. The van der Waals surface area contributed by atoms with Gasteiger partial charge in [-0.25, -0.2) is 0 Å². The summed E-state index contributed by atoms with van der Waals surface area (Å²) in [4.78, 5) is 14.5. The number of benzene rings is 1. The third-order valence-corrected chi connectivity index (χ3v) is 4.04. The molecular weight excluding hydrogens is 300 g/mol. The highest BCUT2D eigenvalue weighted by Gasteiger charge is 2.24. The van der Waals surface area contributed by atoms with Gasteiger partial charge in [0.1, 0.15) is 0 Å². The molecule has 1 aromatic carbocycles. The van der Waals surface area contributed by atoms with Crippen molar-refractivity contribution in [1.29, 1.82) is 0 Å². The molecular formula is C17H27ClN2O2. The molecule has 22 heavy (non-hydrogen) atoms. The van der Waals surface area contributed by atoms with E-state index in [9.17, 15) is 4.79 Å². The first-order valence-electron chi connectivity index (χ1n) is 7.80. The molecule has 1 aliphatic rings. The topological polar surface area (TPSA) is 55.6 Å². The lowest BCUT2D eigenvalue weighted by Crippen LogP contribution is -2.41. The Morgan fingerprint density at radius 3 is 2.59 bits per heavy atom. The number of halogens is 1. The number of carbonyl (C=O) groups is 1. The summed E-state index contributed by atoms with van der Waals surface area (Å²) in [5, 5.41) is 0. The third-order valence-electron chi connectivity index (χ3n) is 4.04. The fourth-order valence-corrected chi connectivity index (χ4v) is 2.78. The van der Waals surface area contributed by atoms with Crippen molar-refractivity contribution in [2.45, 2.75) is 39.2 Å². The number of hydrogen-bond donors (Lipinski definition) is 1. The minimum atomic E-state index is 0. The van der Waals surface area contributed by atoms with E-state index in [-0.39, 0.29) is 24.4 Å². The van der Waals surface area contributed by atoms with Gasteiger partial charge in [-0.15, -0.1) is 12.4 Å². The van der Waals surface area contributed by atoms with Crippen molar-refractivity contribution in [2.24, 2.45) is 5.73 Å². The Hall–Kier alpha value is -1.10. The lowest BCUT2D eigenvalue weighted by atomic mass is 10.0. The first-order valence-corrected chi connectivity index (χ1v) is 7.80. The van der Waals surface area contributed by atoms with Gasteiger partial charge in [0.15, 0.2) is 0 Å². The van der Waals surface area contributed by atoms with E-state index in [0.717, 1.165) is 50.1 Å². The third kappa shape index (κ3) is 4.97. The zero-order valence-corrected chi connectivity index (χ0v) is 14.3. The summed E-state index contributed by atoms with van der Waals surface area (Å²) in [6.07, 6.45) is 3.02. The van der Waals surface area contributed by atoms with Crippen LogP contribution in [-0.4, -0.2) is 43.2 Å². The molecule has 5 heteroatoms. The number of likely N-dealkylation sites (tertiary alicyclic amines) is 1. The summed E-state index contributed by atoms with van der Waals surface area (Å²) in [6.45, 7) is 7.00.